The lowest BCUT2D eigenvalue weighted by Gasteiger charge is -2.24. The molecular formula is C14H18N4O2. The lowest BCUT2D eigenvalue weighted by Crippen LogP contribution is -2.35. The van der Waals surface area contributed by atoms with Crippen molar-refractivity contribution in [2.45, 2.75) is 31.7 Å². The summed E-state index contributed by atoms with van der Waals surface area (Å²) >= 11 is 0. The fraction of sp³-hybridized carbons (Fsp3) is 0.500. The third kappa shape index (κ3) is 2.27. The third-order valence-corrected chi connectivity index (χ3v) is 3.89. The van der Waals surface area contributed by atoms with Gasteiger partial charge in [0, 0.05) is 31.6 Å². The van der Waals surface area contributed by atoms with Crippen LogP contribution in [0.1, 0.15) is 36.0 Å². The molecule has 0 bridgehead atoms. The molecule has 1 N–H and O–H groups in total. The molecule has 1 aliphatic heterocycles. The van der Waals surface area contributed by atoms with Gasteiger partial charge in [0.2, 0.25) is 0 Å². The molecule has 0 aliphatic carbocycles. The van der Waals surface area contributed by atoms with Crippen LogP contribution in [0.5, 0.6) is 0 Å². The van der Waals surface area contributed by atoms with E-state index in [1.54, 1.807) is 29.3 Å². The fourth-order valence-corrected chi connectivity index (χ4v) is 2.88. The molecule has 1 aliphatic rings. The summed E-state index contributed by atoms with van der Waals surface area (Å²) in [5.74, 6) is 0.0217. The first-order valence-corrected chi connectivity index (χ1v) is 7.00. The van der Waals surface area contributed by atoms with Crippen LogP contribution in [-0.2, 0) is 0 Å². The van der Waals surface area contributed by atoms with E-state index >= 15 is 0 Å². The van der Waals surface area contributed by atoms with Gasteiger partial charge in [0.05, 0.1) is 23.5 Å². The molecule has 3 rings (SSSR count). The van der Waals surface area contributed by atoms with Crippen LogP contribution < -0.4 is 0 Å². The molecule has 1 unspecified atom stereocenters. The van der Waals surface area contributed by atoms with E-state index in [2.05, 4.69) is 10.1 Å². The van der Waals surface area contributed by atoms with Gasteiger partial charge in [-0.25, -0.2) is 4.52 Å². The number of nitrogens with zero attached hydrogens (tertiary/aromatic N) is 4. The van der Waals surface area contributed by atoms with Crippen molar-refractivity contribution in [2.75, 3.05) is 13.2 Å². The van der Waals surface area contributed by atoms with Crippen molar-refractivity contribution >= 4 is 11.4 Å². The van der Waals surface area contributed by atoms with E-state index in [1.807, 2.05) is 4.90 Å². The third-order valence-electron chi connectivity index (χ3n) is 3.89. The van der Waals surface area contributed by atoms with Crippen LogP contribution in [0.15, 0.2) is 24.8 Å². The van der Waals surface area contributed by atoms with E-state index in [0.717, 1.165) is 37.7 Å². The van der Waals surface area contributed by atoms with Crippen LogP contribution in [0, 0.1) is 0 Å². The Bertz CT molecular complexity index is 610. The van der Waals surface area contributed by atoms with Gasteiger partial charge in [-0.3, -0.25) is 9.78 Å². The first-order chi connectivity index (χ1) is 9.81. The van der Waals surface area contributed by atoms with Gasteiger partial charge in [0.15, 0.2) is 0 Å². The summed E-state index contributed by atoms with van der Waals surface area (Å²) in [5, 5.41) is 13.1. The molecule has 0 spiro atoms. The summed E-state index contributed by atoms with van der Waals surface area (Å²) in [5.41, 5.74) is 1.35. The lowest BCUT2D eigenvalue weighted by atomic mass is 10.1. The van der Waals surface area contributed by atoms with Crippen molar-refractivity contribution < 1.29 is 9.90 Å². The zero-order valence-corrected chi connectivity index (χ0v) is 11.3. The largest absolute Gasteiger partial charge is 0.396 e. The molecule has 2 aromatic heterocycles. The van der Waals surface area contributed by atoms with Crippen molar-refractivity contribution in [3.05, 3.63) is 30.4 Å². The highest BCUT2D eigenvalue weighted by molar-refractivity contribution is 6.00. The van der Waals surface area contributed by atoms with Gasteiger partial charge < -0.3 is 10.0 Å². The first-order valence-electron chi connectivity index (χ1n) is 7.00. The van der Waals surface area contributed by atoms with Crippen molar-refractivity contribution in [1.29, 1.82) is 0 Å². The average Bonchev–Trinajstić information content (AvgIpc) is 3.11. The van der Waals surface area contributed by atoms with Gasteiger partial charge >= 0.3 is 0 Å². The maximum atomic E-state index is 12.7. The van der Waals surface area contributed by atoms with E-state index < -0.39 is 0 Å². The number of hydrogen-bond acceptors (Lipinski definition) is 4. The second-order valence-corrected chi connectivity index (χ2v) is 5.12. The number of aliphatic hydroxyl groups excluding tert-OH is 1. The first kappa shape index (κ1) is 13.1. The molecule has 2 aromatic rings. The van der Waals surface area contributed by atoms with Gasteiger partial charge in [-0.05, 0) is 25.7 Å². The Balaban J connectivity index is 1.84. The number of hydrogen-bond donors (Lipinski definition) is 1. The van der Waals surface area contributed by atoms with Gasteiger partial charge in [0.25, 0.3) is 5.91 Å². The van der Waals surface area contributed by atoms with Crippen LogP contribution in [0.2, 0.25) is 0 Å². The molecule has 0 aromatic carbocycles. The van der Waals surface area contributed by atoms with Gasteiger partial charge in [-0.15, -0.1) is 0 Å². The van der Waals surface area contributed by atoms with Crippen molar-refractivity contribution in [3.63, 3.8) is 0 Å². The Morgan fingerprint density at radius 2 is 2.35 bits per heavy atom. The predicted molar refractivity (Wildman–Crippen MR) is 73.4 cm³/mol. The van der Waals surface area contributed by atoms with E-state index in [9.17, 15) is 4.79 Å². The molecule has 106 valence electrons. The smallest absolute Gasteiger partial charge is 0.257 e. The summed E-state index contributed by atoms with van der Waals surface area (Å²) < 4.78 is 1.67. The Morgan fingerprint density at radius 3 is 3.20 bits per heavy atom. The Hall–Kier alpha value is -1.95. The number of aliphatic hydroxyl groups is 1. The lowest BCUT2D eigenvalue weighted by molar-refractivity contribution is 0.0726. The standard InChI is InChI=1S/C14H18N4O2/c19-8-2-4-11-3-1-6-17(11)14(20)12-9-16-18-7-5-15-10-13(12)18/h5,7,9-11,19H,1-4,6,8H2. The number of fused-ring (bicyclic) bond motifs is 1. The SMILES string of the molecule is O=C(c1cnn2ccncc12)N1CCCC1CCCO. The molecule has 3 heterocycles. The van der Waals surface area contributed by atoms with Crippen LogP contribution in [0.25, 0.3) is 5.52 Å². The Morgan fingerprint density at radius 1 is 1.45 bits per heavy atom. The van der Waals surface area contributed by atoms with Crippen LogP contribution >= 0.6 is 0 Å². The minimum atomic E-state index is 0.0217. The highest BCUT2D eigenvalue weighted by atomic mass is 16.3. The number of aromatic nitrogens is 3. The molecule has 6 nitrogen and oxygen atoms in total. The highest BCUT2D eigenvalue weighted by Gasteiger charge is 2.30. The molecule has 1 atom stereocenters. The molecule has 0 radical (unpaired) electrons. The van der Waals surface area contributed by atoms with E-state index in [1.165, 1.54) is 0 Å². The van der Waals surface area contributed by atoms with Crippen molar-refractivity contribution in [3.8, 4) is 0 Å². The van der Waals surface area contributed by atoms with Gasteiger partial charge in [0.1, 0.15) is 0 Å². The quantitative estimate of drug-likeness (QED) is 0.906. The molecular weight excluding hydrogens is 256 g/mol. The minimum Gasteiger partial charge on any atom is -0.396 e. The highest BCUT2D eigenvalue weighted by Crippen LogP contribution is 2.24. The molecule has 1 saturated heterocycles. The van der Waals surface area contributed by atoms with Crippen LogP contribution in [0.4, 0.5) is 0 Å². The Labute approximate surface area is 117 Å². The molecule has 20 heavy (non-hydrogen) atoms. The summed E-state index contributed by atoms with van der Waals surface area (Å²) in [6.45, 7) is 0.964. The topological polar surface area (TPSA) is 70.7 Å². The van der Waals surface area contributed by atoms with Crippen molar-refractivity contribution in [2.24, 2.45) is 0 Å². The maximum absolute atomic E-state index is 12.7. The maximum Gasteiger partial charge on any atom is 0.257 e. The second kappa shape index (κ2) is 5.58. The number of carbonyl (C=O) groups excluding carboxylic acids is 1. The van der Waals surface area contributed by atoms with Gasteiger partial charge in [-0.2, -0.15) is 5.10 Å². The number of amides is 1. The van der Waals surface area contributed by atoms with Crippen LogP contribution in [-0.4, -0.2) is 49.7 Å². The Kier molecular flexibility index (Phi) is 3.64. The fourth-order valence-electron chi connectivity index (χ4n) is 2.88. The summed E-state index contributed by atoms with van der Waals surface area (Å²) in [4.78, 5) is 18.7. The predicted octanol–water partition coefficient (Wildman–Crippen LogP) is 1.11. The van der Waals surface area contributed by atoms with Crippen molar-refractivity contribution in [1.82, 2.24) is 19.5 Å². The number of likely N-dealkylation sites (tertiary alicyclic amines) is 1. The van der Waals surface area contributed by atoms with E-state index in [-0.39, 0.29) is 18.6 Å². The summed E-state index contributed by atoms with van der Waals surface area (Å²) in [6.07, 6.45) is 10.3. The average molecular weight is 274 g/mol. The van der Waals surface area contributed by atoms with E-state index in [4.69, 9.17) is 5.11 Å². The monoisotopic (exact) mass is 274 g/mol. The van der Waals surface area contributed by atoms with E-state index in [0.29, 0.717) is 5.56 Å². The zero-order valence-electron chi connectivity index (χ0n) is 11.3. The second-order valence-electron chi connectivity index (χ2n) is 5.12. The molecule has 1 fully saturated rings. The minimum absolute atomic E-state index is 0.0217. The zero-order chi connectivity index (χ0) is 13.9. The molecule has 1 amide bonds. The number of rotatable bonds is 4. The molecule has 0 saturated carbocycles. The molecule has 6 heteroatoms. The normalized spacial score (nSPS) is 18.9. The number of carbonyl (C=O) groups is 1. The van der Waals surface area contributed by atoms with Crippen LogP contribution in [0.3, 0.4) is 0 Å². The summed E-state index contributed by atoms with van der Waals surface area (Å²) in [6, 6.07) is 0.237. The van der Waals surface area contributed by atoms with Gasteiger partial charge in [-0.1, -0.05) is 0 Å². The summed E-state index contributed by atoms with van der Waals surface area (Å²) in [7, 11) is 0.